The third-order valence-electron chi connectivity index (χ3n) is 3.56. The van der Waals surface area contributed by atoms with Gasteiger partial charge >= 0.3 is 0 Å². The fourth-order valence-electron chi connectivity index (χ4n) is 2.63. The molecular weight excluding hydrogens is 254 g/mol. The van der Waals surface area contributed by atoms with E-state index in [0.717, 1.165) is 12.1 Å². The number of aromatic nitrogens is 1. The molecule has 0 fully saturated rings. The summed E-state index contributed by atoms with van der Waals surface area (Å²) in [6, 6.07) is 10.3. The molecule has 20 heavy (non-hydrogen) atoms. The predicted molar refractivity (Wildman–Crippen MR) is 76.8 cm³/mol. The molecule has 1 unspecified atom stereocenters. The van der Waals surface area contributed by atoms with Crippen molar-refractivity contribution in [3.8, 4) is 0 Å². The Bertz CT molecular complexity index is 636. The number of aryl methyl sites for hydroxylation is 1. The molecule has 0 aliphatic carbocycles. The average Bonchev–Trinajstić information content (AvgIpc) is 2.94. The number of benzene rings is 1. The van der Waals surface area contributed by atoms with Crippen LogP contribution in [-0.2, 0) is 11.2 Å². The van der Waals surface area contributed by atoms with E-state index >= 15 is 0 Å². The summed E-state index contributed by atoms with van der Waals surface area (Å²) in [6.07, 6.45) is 0.979. The van der Waals surface area contributed by atoms with Crippen LogP contribution in [0.25, 0.3) is 0 Å². The number of anilines is 2. The first-order valence-electron chi connectivity index (χ1n) is 6.71. The number of para-hydroxylation sites is 1. The molecule has 1 aliphatic rings. The Balaban J connectivity index is 1.70. The molecule has 1 atom stereocenters. The van der Waals surface area contributed by atoms with E-state index in [1.165, 1.54) is 5.56 Å². The summed E-state index contributed by atoms with van der Waals surface area (Å²) >= 11 is 0. The van der Waals surface area contributed by atoms with Crippen LogP contribution >= 0.6 is 0 Å². The Kier molecular flexibility index (Phi) is 3.18. The van der Waals surface area contributed by atoms with E-state index in [9.17, 15) is 4.79 Å². The normalized spacial score (nSPS) is 17.1. The molecular formula is C15H17N3O2. The minimum absolute atomic E-state index is 0.0816. The number of nitrogens with zero attached hydrogens (tertiary/aromatic N) is 2. The largest absolute Gasteiger partial charge is 0.360 e. The molecule has 104 valence electrons. The molecule has 0 saturated carbocycles. The predicted octanol–water partition coefficient (Wildman–Crippen LogP) is 2.37. The first-order chi connectivity index (χ1) is 9.63. The number of rotatable bonds is 3. The molecule has 0 spiro atoms. The van der Waals surface area contributed by atoms with Gasteiger partial charge in [-0.3, -0.25) is 4.79 Å². The summed E-state index contributed by atoms with van der Waals surface area (Å²) in [7, 11) is 0. The molecule has 1 aromatic heterocycles. The second-order valence-electron chi connectivity index (χ2n) is 5.18. The first kappa shape index (κ1) is 12.7. The monoisotopic (exact) mass is 271 g/mol. The molecule has 1 amide bonds. The molecule has 5 heteroatoms. The molecule has 2 heterocycles. The highest BCUT2D eigenvalue weighted by Crippen LogP contribution is 2.31. The van der Waals surface area contributed by atoms with Gasteiger partial charge in [-0.15, -0.1) is 0 Å². The van der Waals surface area contributed by atoms with Crippen molar-refractivity contribution in [1.29, 1.82) is 0 Å². The maximum absolute atomic E-state index is 12.1. The summed E-state index contributed by atoms with van der Waals surface area (Å²) < 4.78 is 4.93. The lowest BCUT2D eigenvalue weighted by Crippen LogP contribution is -2.37. The molecule has 1 aliphatic heterocycles. The number of amides is 1. The van der Waals surface area contributed by atoms with Gasteiger partial charge in [0.25, 0.3) is 0 Å². The SMILES string of the molecule is Cc1cc(NC(=O)CN2c3ccccc3CC2C)no1. The van der Waals surface area contributed by atoms with Crippen LogP contribution in [0.2, 0.25) is 0 Å². The van der Waals surface area contributed by atoms with Crippen LogP contribution < -0.4 is 10.2 Å². The van der Waals surface area contributed by atoms with E-state index in [2.05, 4.69) is 34.4 Å². The number of hydrogen-bond acceptors (Lipinski definition) is 4. The fourth-order valence-corrected chi connectivity index (χ4v) is 2.63. The second-order valence-corrected chi connectivity index (χ2v) is 5.18. The first-order valence-corrected chi connectivity index (χ1v) is 6.71. The van der Waals surface area contributed by atoms with E-state index in [4.69, 9.17) is 4.52 Å². The van der Waals surface area contributed by atoms with Crippen LogP contribution in [0.4, 0.5) is 11.5 Å². The van der Waals surface area contributed by atoms with Crippen LogP contribution in [0.1, 0.15) is 18.2 Å². The Labute approximate surface area is 117 Å². The summed E-state index contributed by atoms with van der Waals surface area (Å²) in [5, 5.41) is 6.52. The molecule has 1 aromatic carbocycles. The highest BCUT2D eigenvalue weighted by atomic mass is 16.5. The summed E-state index contributed by atoms with van der Waals surface area (Å²) in [4.78, 5) is 14.2. The summed E-state index contributed by atoms with van der Waals surface area (Å²) in [6.45, 7) is 4.25. The highest BCUT2D eigenvalue weighted by molar-refractivity contribution is 5.93. The molecule has 1 N–H and O–H groups in total. The standard InChI is InChI=1S/C15H17N3O2/c1-10-7-12-5-3-4-6-13(12)18(10)9-15(19)16-14-8-11(2)20-17-14/h3-6,8,10H,7,9H2,1-2H3,(H,16,17,19). The lowest BCUT2D eigenvalue weighted by Gasteiger charge is -2.23. The van der Waals surface area contributed by atoms with Crippen molar-refractivity contribution in [3.63, 3.8) is 0 Å². The van der Waals surface area contributed by atoms with Crippen molar-refractivity contribution >= 4 is 17.4 Å². The highest BCUT2D eigenvalue weighted by Gasteiger charge is 2.27. The number of fused-ring (bicyclic) bond motifs is 1. The minimum atomic E-state index is -0.0816. The summed E-state index contributed by atoms with van der Waals surface area (Å²) in [5.74, 6) is 1.06. The number of nitrogens with one attached hydrogen (secondary N) is 1. The minimum Gasteiger partial charge on any atom is -0.360 e. The van der Waals surface area contributed by atoms with Gasteiger partial charge in [-0.25, -0.2) is 0 Å². The Hall–Kier alpha value is -2.30. The van der Waals surface area contributed by atoms with E-state index < -0.39 is 0 Å². The van der Waals surface area contributed by atoms with Gasteiger partial charge in [0.2, 0.25) is 5.91 Å². The van der Waals surface area contributed by atoms with E-state index in [1.54, 1.807) is 13.0 Å². The van der Waals surface area contributed by atoms with Gasteiger partial charge in [0, 0.05) is 17.8 Å². The quantitative estimate of drug-likeness (QED) is 0.931. The van der Waals surface area contributed by atoms with Crippen LogP contribution in [0.3, 0.4) is 0 Å². The van der Waals surface area contributed by atoms with Crippen molar-refractivity contribution in [2.24, 2.45) is 0 Å². The molecule has 2 aromatic rings. The van der Waals surface area contributed by atoms with Gasteiger partial charge in [-0.2, -0.15) is 0 Å². The summed E-state index contributed by atoms with van der Waals surface area (Å²) in [5.41, 5.74) is 2.44. The zero-order chi connectivity index (χ0) is 14.1. The van der Waals surface area contributed by atoms with E-state index in [-0.39, 0.29) is 5.91 Å². The zero-order valence-corrected chi connectivity index (χ0v) is 11.6. The maximum Gasteiger partial charge on any atom is 0.245 e. The smallest absolute Gasteiger partial charge is 0.245 e. The third kappa shape index (κ3) is 2.39. The van der Waals surface area contributed by atoms with E-state index in [0.29, 0.717) is 24.2 Å². The molecule has 0 radical (unpaired) electrons. The van der Waals surface area contributed by atoms with Crippen molar-refractivity contribution in [3.05, 3.63) is 41.7 Å². The molecule has 3 rings (SSSR count). The molecule has 0 saturated heterocycles. The molecule has 0 bridgehead atoms. The van der Waals surface area contributed by atoms with Crippen molar-refractivity contribution in [2.45, 2.75) is 26.3 Å². The van der Waals surface area contributed by atoms with Crippen LogP contribution in [-0.4, -0.2) is 23.7 Å². The Morgan fingerprint density at radius 2 is 2.30 bits per heavy atom. The van der Waals surface area contributed by atoms with Crippen molar-refractivity contribution in [2.75, 3.05) is 16.8 Å². The van der Waals surface area contributed by atoms with Gasteiger partial charge in [0.05, 0.1) is 6.54 Å². The number of carbonyl (C=O) groups excluding carboxylic acids is 1. The lowest BCUT2D eigenvalue weighted by molar-refractivity contribution is -0.115. The maximum atomic E-state index is 12.1. The van der Waals surface area contributed by atoms with Gasteiger partial charge < -0.3 is 14.7 Å². The van der Waals surface area contributed by atoms with Crippen LogP contribution in [0.5, 0.6) is 0 Å². The average molecular weight is 271 g/mol. The lowest BCUT2D eigenvalue weighted by atomic mass is 10.1. The van der Waals surface area contributed by atoms with Crippen molar-refractivity contribution < 1.29 is 9.32 Å². The van der Waals surface area contributed by atoms with Gasteiger partial charge in [0.1, 0.15) is 5.76 Å². The molecule has 5 nitrogen and oxygen atoms in total. The van der Waals surface area contributed by atoms with Crippen molar-refractivity contribution in [1.82, 2.24) is 5.16 Å². The van der Waals surface area contributed by atoms with Gasteiger partial charge in [0.15, 0.2) is 5.82 Å². The van der Waals surface area contributed by atoms with Gasteiger partial charge in [-0.05, 0) is 31.9 Å². The van der Waals surface area contributed by atoms with E-state index in [1.807, 2.05) is 12.1 Å². The fraction of sp³-hybridized carbons (Fsp3) is 0.333. The topological polar surface area (TPSA) is 58.4 Å². The van der Waals surface area contributed by atoms with Crippen LogP contribution in [0.15, 0.2) is 34.9 Å². The third-order valence-corrected chi connectivity index (χ3v) is 3.56. The number of hydrogen-bond donors (Lipinski definition) is 1. The Morgan fingerprint density at radius 3 is 3.05 bits per heavy atom. The number of carbonyl (C=O) groups is 1. The Morgan fingerprint density at radius 1 is 1.50 bits per heavy atom. The second kappa shape index (κ2) is 5.00. The zero-order valence-electron chi connectivity index (χ0n) is 11.6. The van der Waals surface area contributed by atoms with Crippen LogP contribution in [0, 0.1) is 6.92 Å². The van der Waals surface area contributed by atoms with Gasteiger partial charge in [-0.1, -0.05) is 23.4 Å².